The van der Waals surface area contributed by atoms with Gasteiger partial charge in [-0.25, -0.2) is 0 Å². The number of benzene rings is 1. The molecule has 1 rings (SSSR count). The molecule has 3 heteroatoms. The zero-order chi connectivity index (χ0) is 11.3. The summed E-state index contributed by atoms with van der Waals surface area (Å²) in [7, 11) is 1.60. The van der Waals surface area contributed by atoms with E-state index in [0.717, 1.165) is 5.69 Å². The molecule has 0 aliphatic carbocycles. The molecule has 0 bridgehead atoms. The van der Waals surface area contributed by atoms with E-state index in [1.807, 2.05) is 24.3 Å². The number of hydrogen-bond donors (Lipinski definition) is 0. The lowest BCUT2D eigenvalue weighted by atomic mass is 10.2. The molecule has 81 valence electrons. The summed E-state index contributed by atoms with van der Waals surface area (Å²) in [6.45, 7) is 5.90. The predicted molar refractivity (Wildman–Crippen MR) is 61.0 cm³/mol. The molecule has 3 nitrogen and oxygen atoms in total. The minimum atomic E-state index is 0.00292. The van der Waals surface area contributed by atoms with Crippen molar-refractivity contribution in [2.24, 2.45) is 0 Å². The summed E-state index contributed by atoms with van der Waals surface area (Å²) >= 11 is 0. The van der Waals surface area contributed by atoms with Crippen molar-refractivity contribution in [1.29, 1.82) is 0 Å². The molecule has 1 aromatic carbocycles. The molecule has 0 aliphatic rings. The predicted octanol–water partition coefficient (Wildman–Crippen LogP) is 2.27. The van der Waals surface area contributed by atoms with E-state index in [-0.39, 0.29) is 5.91 Å². The van der Waals surface area contributed by atoms with Crippen molar-refractivity contribution in [3.8, 4) is 5.75 Å². The second-order valence-electron chi connectivity index (χ2n) is 3.20. The number of carbonyl (C=O) groups excluding carboxylic acids is 1. The van der Waals surface area contributed by atoms with Crippen LogP contribution in [0.2, 0.25) is 0 Å². The summed E-state index contributed by atoms with van der Waals surface area (Å²) in [4.78, 5) is 13.1. The van der Waals surface area contributed by atoms with Gasteiger partial charge in [0.15, 0.2) is 0 Å². The van der Waals surface area contributed by atoms with Gasteiger partial charge in [0.2, 0.25) is 5.91 Å². The van der Waals surface area contributed by atoms with Gasteiger partial charge in [-0.3, -0.25) is 4.79 Å². The lowest BCUT2D eigenvalue weighted by Gasteiger charge is -2.22. The van der Waals surface area contributed by atoms with Gasteiger partial charge < -0.3 is 9.64 Å². The van der Waals surface area contributed by atoms with Crippen LogP contribution in [0.15, 0.2) is 24.3 Å². The number of para-hydroxylation sites is 2. The van der Waals surface area contributed by atoms with Gasteiger partial charge in [0.05, 0.1) is 12.8 Å². The van der Waals surface area contributed by atoms with Crippen LogP contribution in [0, 0.1) is 6.92 Å². The summed E-state index contributed by atoms with van der Waals surface area (Å²) in [5, 5.41) is 0. The molecule has 0 atom stereocenters. The Morgan fingerprint density at radius 1 is 1.47 bits per heavy atom. The highest BCUT2D eigenvalue weighted by atomic mass is 16.5. The fourth-order valence-electron chi connectivity index (χ4n) is 1.46. The molecule has 0 heterocycles. The summed E-state index contributed by atoms with van der Waals surface area (Å²) in [6.07, 6.45) is 0.678. The van der Waals surface area contributed by atoms with E-state index in [1.165, 1.54) is 0 Å². The second kappa shape index (κ2) is 5.39. The van der Waals surface area contributed by atoms with E-state index < -0.39 is 0 Å². The van der Waals surface area contributed by atoms with Gasteiger partial charge in [0.25, 0.3) is 0 Å². The van der Waals surface area contributed by atoms with Gasteiger partial charge in [-0.2, -0.15) is 0 Å². The third-order valence-corrected chi connectivity index (χ3v) is 2.14. The lowest BCUT2D eigenvalue weighted by molar-refractivity contribution is -0.116. The fourth-order valence-corrected chi connectivity index (χ4v) is 1.46. The highest BCUT2D eigenvalue weighted by molar-refractivity contribution is 5.93. The van der Waals surface area contributed by atoms with Crippen molar-refractivity contribution in [3.05, 3.63) is 31.2 Å². The monoisotopic (exact) mass is 206 g/mol. The average Bonchev–Trinajstić information content (AvgIpc) is 2.25. The highest BCUT2D eigenvalue weighted by Crippen LogP contribution is 2.27. The van der Waals surface area contributed by atoms with Crippen LogP contribution in [0.4, 0.5) is 5.69 Å². The summed E-state index contributed by atoms with van der Waals surface area (Å²) in [5.74, 6) is 0.712. The summed E-state index contributed by atoms with van der Waals surface area (Å²) in [6, 6.07) is 7.48. The maximum absolute atomic E-state index is 11.4. The van der Waals surface area contributed by atoms with Crippen molar-refractivity contribution in [3.63, 3.8) is 0 Å². The number of carbonyl (C=O) groups is 1. The molecule has 0 aliphatic heterocycles. The van der Waals surface area contributed by atoms with Crippen molar-refractivity contribution in [1.82, 2.24) is 0 Å². The van der Waals surface area contributed by atoms with Crippen molar-refractivity contribution >= 4 is 11.6 Å². The summed E-state index contributed by atoms with van der Waals surface area (Å²) < 4.78 is 5.21. The quantitative estimate of drug-likeness (QED) is 0.756. The second-order valence-corrected chi connectivity index (χ2v) is 3.20. The van der Waals surface area contributed by atoms with Gasteiger partial charge in [0, 0.05) is 13.5 Å². The number of anilines is 1. The molecule has 0 N–H and O–H groups in total. The normalized spacial score (nSPS) is 9.80. The van der Waals surface area contributed by atoms with Crippen LogP contribution in [0.1, 0.15) is 13.3 Å². The maximum atomic E-state index is 11.4. The van der Waals surface area contributed by atoms with Gasteiger partial charge in [0.1, 0.15) is 5.75 Å². The van der Waals surface area contributed by atoms with Gasteiger partial charge >= 0.3 is 0 Å². The van der Waals surface area contributed by atoms with E-state index in [2.05, 4.69) is 6.92 Å². The minimum absolute atomic E-state index is 0.00292. The first-order chi connectivity index (χ1) is 7.20. The molecule has 0 fully saturated rings. The molecule has 1 radical (unpaired) electrons. The number of amides is 1. The Balaban J connectivity index is 3.04. The van der Waals surface area contributed by atoms with Crippen LogP contribution >= 0.6 is 0 Å². The molecular weight excluding hydrogens is 190 g/mol. The Labute approximate surface area is 90.7 Å². The first kappa shape index (κ1) is 11.6. The Kier molecular flexibility index (Phi) is 4.16. The van der Waals surface area contributed by atoms with E-state index in [9.17, 15) is 4.79 Å². The Hall–Kier alpha value is -1.51. The maximum Gasteiger partial charge on any atom is 0.223 e. The largest absolute Gasteiger partial charge is 0.495 e. The molecule has 1 aromatic rings. The third-order valence-electron chi connectivity index (χ3n) is 2.14. The Morgan fingerprint density at radius 3 is 2.67 bits per heavy atom. The molecule has 0 saturated carbocycles. The van der Waals surface area contributed by atoms with Crippen LogP contribution in [0.3, 0.4) is 0 Å². The van der Waals surface area contributed by atoms with E-state index in [0.29, 0.717) is 18.7 Å². The number of methoxy groups -OCH3 is 1. The highest BCUT2D eigenvalue weighted by Gasteiger charge is 2.13. The first-order valence-electron chi connectivity index (χ1n) is 4.91. The average molecular weight is 206 g/mol. The molecular formula is C12H16NO2. The molecule has 0 saturated heterocycles. The summed E-state index contributed by atoms with van der Waals surface area (Å²) in [5.41, 5.74) is 0.802. The van der Waals surface area contributed by atoms with Crippen molar-refractivity contribution < 1.29 is 9.53 Å². The minimum Gasteiger partial charge on any atom is -0.495 e. The van der Waals surface area contributed by atoms with Crippen LogP contribution in [0.5, 0.6) is 5.75 Å². The van der Waals surface area contributed by atoms with E-state index >= 15 is 0 Å². The molecule has 1 amide bonds. The van der Waals surface area contributed by atoms with Gasteiger partial charge in [-0.1, -0.05) is 19.1 Å². The molecule has 0 aromatic heterocycles. The van der Waals surface area contributed by atoms with Gasteiger partial charge in [-0.15, -0.1) is 0 Å². The molecule has 15 heavy (non-hydrogen) atoms. The lowest BCUT2D eigenvalue weighted by Crippen LogP contribution is -2.29. The van der Waals surface area contributed by atoms with Crippen LogP contribution < -0.4 is 9.64 Å². The standard InChI is InChI=1S/C12H16NO2/c1-4-9-13(10(2)14)11-7-5-6-8-12(11)15-3/h5-8H,1,4,9H2,2-3H3. The number of hydrogen-bond acceptors (Lipinski definition) is 2. The molecule has 0 unspecified atom stereocenters. The number of rotatable bonds is 4. The van der Waals surface area contributed by atoms with Crippen LogP contribution in [0.25, 0.3) is 0 Å². The van der Waals surface area contributed by atoms with Crippen LogP contribution in [-0.2, 0) is 4.79 Å². The van der Waals surface area contributed by atoms with Crippen molar-refractivity contribution in [2.45, 2.75) is 13.3 Å². The third kappa shape index (κ3) is 2.72. The smallest absolute Gasteiger partial charge is 0.223 e. The van der Waals surface area contributed by atoms with Crippen molar-refractivity contribution in [2.75, 3.05) is 18.6 Å². The Bertz CT molecular complexity index is 336. The van der Waals surface area contributed by atoms with E-state index in [1.54, 1.807) is 18.9 Å². The molecule has 0 spiro atoms. The SMILES string of the molecule is [CH2]CCN(C(C)=O)c1ccccc1OC. The van der Waals surface area contributed by atoms with E-state index in [4.69, 9.17) is 4.74 Å². The Morgan fingerprint density at radius 2 is 2.13 bits per heavy atom. The number of nitrogens with zero attached hydrogens (tertiary/aromatic N) is 1. The topological polar surface area (TPSA) is 29.5 Å². The first-order valence-corrected chi connectivity index (χ1v) is 4.91. The number of ether oxygens (including phenoxy) is 1. The van der Waals surface area contributed by atoms with Crippen LogP contribution in [-0.4, -0.2) is 19.6 Å². The zero-order valence-electron chi connectivity index (χ0n) is 9.19. The fraction of sp³-hybridized carbons (Fsp3) is 0.333. The zero-order valence-corrected chi connectivity index (χ0v) is 9.19. The van der Waals surface area contributed by atoms with Gasteiger partial charge in [-0.05, 0) is 18.6 Å².